The van der Waals surface area contributed by atoms with Gasteiger partial charge >= 0.3 is 5.97 Å². The zero-order valence-electron chi connectivity index (χ0n) is 21.8. The SMILES string of the molecule is CCCCCCCCc1cccc(N(C)[C@H](C(=O)OCc2ccccc2)C(C)C)c1CCCO. The lowest BCUT2D eigenvalue weighted by Gasteiger charge is -2.33. The van der Waals surface area contributed by atoms with E-state index in [1.807, 2.05) is 37.4 Å². The number of nitrogens with zero attached hydrogens (tertiary/aromatic N) is 1. The molecule has 4 heteroatoms. The van der Waals surface area contributed by atoms with Crippen LogP contribution in [-0.2, 0) is 29.0 Å². The second kappa shape index (κ2) is 15.5. The molecule has 0 aromatic heterocycles. The van der Waals surface area contributed by atoms with Gasteiger partial charge in [-0.25, -0.2) is 4.79 Å². The van der Waals surface area contributed by atoms with Gasteiger partial charge in [-0.15, -0.1) is 0 Å². The van der Waals surface area contributed by atoms with E-state index in [0.717, 1.165) is 30.5 Å². The molecule has 188 valence electrons. The third kappa shape index (κ3) is 8.79. The lowest BCUT2D eigenvalue weighted by molar-refractivity contribution is -0.147. The summed E-state index contributed by atoms with van der Waals surface area (Å²) in [5.41, 5.74) is 4.67. The van der Waals surface area contributed by atoms with Crippen LogP contribution in [0, 0.1) is 5.92 Å². The van der Waals surface area contributed by atoms with Crippen LogP contribution in [0.5, 0.6) is 0 Å². The number of hydrogen-bond donors (Lipinski definition) is 1. The molecule has 2 aromatic rings. The van der Waals surface area contributed by atoms with E-state index >= 15 is 0 Å². The Hall–Kier alpha value is -2.33. The molecule has 34 heavy (non-hydrogen) atoms. The van der Waals surface area contributed by atoms with Crippen LogP contribution in [0.4, 0.5) is 5.69 Å². The zero-order valence-corrected chi connectivity index (χ0v) is 21.8. The Labute approximate surface area is 207 Å². The standard InChI is InChI=1S/C30H45NO3/c1-5-6-7-8-9-13-18-26-19-14-21-28(27(26)20-15-22-32)31(4)29(24(2)3)30(33)34-23-25-16-11-10-12-17-25/h10-12,14,16-17,19,21,24,29,32H,5-9,13,15,18,20,22-23H2,1-4H3/t29-/m0/s1. The smallest absolute Gasteiger partial charge is 0.329 e. The number of anilines is 1. The van der Waals surface area contributed by atoms with E-state index in [9.17, 15) is 9.90 Å². The second-order valence-electron chi connectivity index (χ2n) is 9.65. The summed E-state index contributed by atoms with van der Waals surface area (Å²) in [7, 11) is 2.00. The zero-order chi connectivity index (χ0) is 24.8. The van der Waals surface area contributed by atoms with Gasteiger partial charge in [0.15, 0.2) is 0 Å². The summed E-state index contributed by atoms with van der Waals surface area (Å²) in [4.78, 5) is 15.3. The Morgan fingerprint density at radius 2 is 1.62 bits per heavy atom. The summed E-state index contributed by atoms with van der Waals surface area (Å²) in [6, 6.07) is 15.9. The Kier molecular flexibility index (Phi) is 12.8. The molecular formula is C30H45NO3. The predicted octanol–water partition coefficient (Wildman–Crippen LogP) is 6.72. The average Bonchev–Trinajstić information content (AvgIpc) is 2.84. The lowest BCUT2D eigenvalue weighted by atomic mass is 9.94. The van der Waals surface area contributed by atoms with Crippen LogP contribution in [0.15, 0.2) is 48.5 Å². The molecule has 0 unspecified atom stereocenters. The molecule has 0 saturated heterocycles. The first-order valence-corrected chi connectivity index (χ1v) is 13.1. The fourth-order valence-electron chi connectivity index (χ4n) is 4.67. The van der Waals surface area contributed by atoms with Crippen LogP contribution in [0.3, 0.4) is 0 Å². The van der Waals surface area contributed by atoms with E-state index in [1.54, 1.807) is 0 Å². The van der Waals surface area contributed by atoms with E-state index in [0.29, 0.717) is 0 Å². The summed E-state index contributed by atoms with van der Waals surface area (Å²) in [5.74, 6) is -0.100. The van der Waals surface area contributed by atoms with Crippen molar-refractivity contribution in [1.82, 2.24) is 0 Å². The maximum Gasteiger partial charge on any atom is 0.329 e. The Balaban J connectivity index is 2.17. The van der Waals surface area contributed by atoms with Crippen LogP contribution in [0.1, 0.15) is 82.4 Å². The highest BCUT2D eigenvalue weighted by Gasteiger charge is 2.30. The molecular weight excluding hydrogens is 422 g/mol. The number of rotatable bonds is 16. The summed E-state index contributed by atoms with van der Waals surface area (Å²) in [5, 5.41) is 9.52. The largest absolute Gasteiger partial charge is 0.459 e. The minimum atomic E-state index is -0.374. The topological polar surface area (TPSA) is 49.8 Å². The van der Waals surface area contributed by atoms with Crippen LogP contribution in [0.25, 0.3) is 0 Å². The van der Waals surface area contributed by atoms with E-state index in [4.69, 9.17) is 4.74 Å². The fourth-order valence-corrected chi connectivity index (χ4v) is 4.67. The molecule has 0 saturated carbocycles. The number of aliphatic hydroxyl groups is 1. The number of aliphatic hydroxyl groups excluding tert-OH is 1. The molecule has 1 N–H and O–H groups in total. The number of esters is 1. The maximum atomic E-state index is 13.2. The van der Waals surface area contributed by atoms with Gasteiger partial charge in [0.25, 0.3) is 0 Å². The van der Waals surface area contributed by atoms with Crippen molar-refractivity contribution >= 4 is 11.7 Å². The normalized spacial score (nSPS) is 12.1. The highest BCUT2D eigenvalue weighted by molar-refractivity contribution is 5.81. The van der Waals surface area contributed by atoms with Gasteiger partial charge in [0, 0.05) is 19.3 Å². The summed E-state index contributed by atoms with van der Waals surface area (Å²) in [6.45, 7) is 6.84. The molecule has 0 spiro atoms. The van der Waals surface area contributed by atoms with Crippen molar-refractivity contribution < 1.29 is 14.6 Å². The minimum Gasteiger partial charge on any atom is -0.459 e. The molecule has 0 bridgehead atoms. The number of unbranched alkanes of at least 4 members (excludes halogenated alkanes) is 5. The number of carbonyl (C=O) groups is 1. The van der Waals surface area contributed by atoms with Gasteiger partial charge < -0.3 is 14.7 Å². The molecule has 0 aliphatic rings. The van der Waals surface area contributed by atoms with Crippen molar-refractivity contribution in [2.75, 3.05) is 18.6 Å². The second-order valence-corrected chi connectivity index (χ2v) is 9.65. The van der Waals surface area contributed by atoms with Gasteiger partial charge in [-0.3, -0.25) is 0 Å². The number of hydrogen-bond acceptors (Lipinski definition) is 4. The van der Waals surface area contributed by atoms with Gasteiger partial charge in [-0.05, 0) is 54.4 Å². The van der Waals surface area contributed by atoms with Crippen LogP contribution >= 0.6 is 0 Å². The molecule has 2 rings (SSSR count). The van der Waals surface area contributed by atoms with Crippen LogP contribution < -0.4 is 4.90 Å². The van der Waals surface area contributed by atoms with E-state index in [1.165, 1.54) is 49.7 Å². The maximum absolute atomic E-state index is 13.2. The summed E-state index contributed by atoms with van der Waals surface area (Å²) >= 11 is 0. The van der Waals surface area contributed by atoms with E-state index in [-0.39, 0.29) is 31.1 Å². The van der Waals surface area contributed by atoms with E-state index in [2.05, 4.69) is 43.9 Å². The van der Waals surface area contributed by atoms with Gasteiger partial charge in [-0.2, -0.15) is 0 Å². The molecule has 0 heterocycles. The quantitative estimate of drug-likeness (QED) is 0.220. The average molecular weight is 468 g/mol. The fraction of sp³-hybridized carbons (Fsp3) is 0.567. The first kappa shape index (κ1) is 27.9. The van der Waals surface area contributed by atoms with Gasteiger partial charge in [0.05, 0.1) is 0 Å². The van der Waals surface area contributed by atoms with Gasteiger partial charge in [0.2, 0.25) is 0 Å². The molecule has 0 aliphatic carbocycles. The van der Waals surface area contributed by atoms with Crippen molar-refractivity contribution in [3.63, 3.8) is 0 Å². The number of benzene rings is 2. The first-order chi connectivity index (χ1) is 16.5. The Morgan fingerprint density at radius 1 is 0.912 bits per heavy atom. The molecule has 0 fully saturated rings. The molecule has 4 nitrogen and oxygen atoms in total. The van der Waals surface area contributed by atoms with E-state index < -0.39 is 0 Å². The van der Waals surface area contributed by atoms with Gasteiger partial charge in [-0.1, -0.05) is 95.3 Å². The number of likely N-dealkylation sites (N-methyl/N-ethyl adjacent to an activating group) is 1. The molecule has 0 aliphatic heterocycles. The highest BCUT2D eigenvalue weighted by Crippen LogP contribution is 2.30. The third-order valence-electron chi connectivity index (χ3n) is 6.53. The van der Waals surface area contributed by atoms with Crippen molar-refractivity contribution in [1.29, 1.82) is 0 Å². The highest BCUT2D eigenvalue weighted by atomic mass is 16.5. The predicted molar refractivity (Wildman–Crippen MR) is 142 cm³/mol. The minimum absolute atomic E-state index is 0.0983. The molecule has 1 atom stereocenters. The summed E-state index contributed by atoms with van der Waals surface area (Å²) in [6.07, 6.45) is 10.2. The van der Waals surface area contributed by atoms with Crippen LogP contribution in [0.2, 0.25) is 0 Å². The first-order valence-electron chi connectivity index (χ1n) is 13.1. The van der Waals surface area contributed by atoms with Crippen molar-refractivity contribution in [2.24, 2.45) is 5.92 Å². The lowest BCUT2D eigenvalue weighted by Crippen LogP contribution is -2.44. The molecule has 0 radical (unpaired) electrons. The molecule has 2 aromatic carbocycles. The van der Waals surface area contributed by atoms with Crippen LogP contribution in [-0.4, -0.2) is 30.8 Å². The summed E-state index contributed by atoms with van der Waals surface area (Å²) < 4.78 is 5.74. The third-order valence-corrected chi connectivity index (χ3v) is 6.53. The van der Waals surface area contributed by atoms with Crippen molar-refractivity contribution in [2.45, 2.75) is 91.2 Å². The van der Waals surface area contributed by atoms with Gasteiger partial charge in [0.1, 0.15) is 12.6 Å². The number of ether oxygens (including phenoxy) is 1. The number of aryl methyl sites for hydroxylation is 1. The Bertz CT molecular complexity index is 834. The molecule has 0 amide bonds. The van der Waals surface area contributed by atoms with Crippen molar-refractivity contribution in [3.05, 3.63) is 65.2 Å². The monoisotopic (exact) mass is 467 g/mol. The Morgan fingerprint density at radius 3 is 2.29 bits per heavy atom. The number of carbonyl (C=O) groups excluding carboxylic acids is 1. The van der Waals surface area contributed by atoms with Crippen molar-refractivity contribution in [3.8, 4) is 0 Å².